The molecule has 3 heteroatoms. The summed E-state index contributed by atoms with van der Waals surface area (Å²) in [4.78, 5) is 0. The Hall–Kier alpha value is 0.452. The third-order valence-electron chi connectivity index (χ3n) is 0.736. The van der Waals surface area contributed by atoms with Crippen LogP contribution in [-0.4, -0.2) is 39.7 Å². The van der Waals surface area contributed by atoms with Gasteiger partial charge in [0.1, 0.15) is 16.3 Å². The van der Waals surface area contributed by atoms with Crippen LogP contribution < -0.4 is 0 Å². The Morgan fingerprint density at radius 1 is 0.833 bits per heavy atom. The topological polar surface area (TPSA) is 40.5 Å². The first-order valence-corrected chi connectivity index (χ1v) is 5.48. The van der Waals surface area contributed by atoms with E-state index in [4.69, 9.17) is 10.2 Å². The minimum Gasteiger partial charge on any atom is -0.396 e. The minimum absolute atomic E-state index is 0.319. The third kappa shape index (κ3) is 78.4. The monoisotopic (exact) mass is 190 g/mol. The van der Waals surface area contributed by atoms with Gasteiger partial charge >= 0.3 is 0 Å². The van der Waals surface area contributed by atoms with Gasteiger partial charge in [-0.25, -0.2) is 0 Å². The number of hydrogen-bond donors (Lipinski definition) is 2. The van der Waals surface area contributed by atoms with Gasteiger partial charge in [0.05, 0.1) is 0 Å². The third-order valence-corrected chi connectivity index (χ3v) is 1.31. The van der Waals surface area contributed by atoms with Crippen molar-refractivity contribution < 1.29 is 10.2 Å². The van der Waals surface area contributed by atoms with Crippen molar-refractivity contribution in [1.29, 1.82) is 0 Å². The molecule has 2 radical (unpaired) electrons. The van der Waals surface area contributed by atoms with E-state index in [1.165, 1.54) is 11.7 Å². The maximum Gasteiger partial charge on any atom is 0.118 e. The lowest BCUT2D eigenvalue weighted by Gasteiger charge is -1.69. The fourth-order valence-corrected chi connectivity index (χ4v) is 0. The molecule has 74 valence electrons. The summed E-state index contributed by atoms with van der Waals surface area (Å²) in [6, 6.07) is 0. The van der Waals surface area contributed by atoms with Gasteiger partial charge in [-0.05, 0) is 12.8 Å². The summed E-state index contributed by atoms with van der Waals surface area (Å²) in [7, 11) is 0. The Bertz CT molecular complexity index is 28.0. The van der Waals surface area contributed by atoms with E-state index in [2.05, 4.69) is 23.2 Å². The molecule has 0 spiro atoms. The van der Waals surface area contributed by atoms with Gasteiger partial charge in [-0.15, -0.1) is 5.28 Å². The molecule has 0 fully saturated rings. The zero-order valence-corrected chi connectivity index (χ0v) is 9.87. The number of aliphatic hydroxyl groups excluding tert-OH is 2. The second-order valence-corrected chi connectivity index (χ2v) is 2.81. The predicted octanol–water partition coefficient (Wildman–Crippen LogP) is 1.76. The maximum atomic E-state index is 7.88. The fourth-order valence-electron chi connectivity index (χ4n) is 0. The van der Waals surface area contributed by atoms with E-state index in [0.29, 0.717) is 13.2 Å². The highest BCUT2D eigenvalue weighted by atomic mass is 27.0. The molecule has 0 rings (SSSR count). The maximum absolute atomic E-state index is 7.88. The van der Waals surface area contributed by atoms with Gasteiger partial charge in [0, 0.05) is 13.2 Å². The first kappa shape index (κ1) is 18.3. The van der Waals surface area contributed by atoms with Crippen LogP contribution in [0.3, 0.4) is 0 Å². The molecule has 0 saturated heterocycles. The van der Waals surface area contributed by atoms with Crippen LogP contribution in [0.2, 0.25) is 5.28 Å². The van der Waals surface area contributed by atoms with Gasteiger partial charge in [-0.2, -0.15) is 0 Å². The standard InChI is InChI=1S/2C3H8O.C3H7.Al/c2*1-2-3-4;1-3-2;/h2*4H,2-3H2,1H3;1,3H2,2H3;. The van der Waals surface area contributed by atoms with Crippen LogP contribution in [0.15, 0.2) is 0 Å². The Labute approximate surface area is 85.4 Å². The molecule has 0 aliphatic heterocycles. The van der Waals surface area contributed by atoms with E-state index < -0.39 is 0 Å². The predicted molar refractivity (Wildman–Crippen MR) is 55.6 cm³/mol. The first-order chi connectivity index (χ1) is 5.74. The smallest absolute Gasteiger partial charge is 0.118 e. The summed E-state index contributed by atoms with van der Waals surface area (Å²) < 4.78 is 0. The summed E-state index contributed by atoms with van der Waals surface area (Å²) in [5.41, 5.74) is 0. The van der Waals surface area contributed by atoms with Crippen molar-refractivity contribution in [2.24, 2.45) is 0 Å². The second-order valence-electron chi connectivity index (χ2n) is 2.24. The van der Waals surface area contributed by atoms with Crippen molar-refractivity contribution in [1.82, 2.24) is 0 Å². The van der Waals surface area contributed by atoms with Crippen molar-refractivity contribution in [2.45, 2.75) is 45.3 Å². The summed E-state index contributed by atoms with van der Waals surface area (Å²) in [5.74, 6) is 0. The highest BCUT2D eigenvalue weighted by Gasteiger charge is 1.57. The summed E-state index contributed by atoms with van der Waals surface area (Å²) in [6.45, 7) is 6.66. The highest BCUT2D eigenvalue weighted by Crippen LogP contribution is 1.73. The zero-order valence-electron chi connectivity index (χ0n) is 8.71. The Balaban J connectivity index is -0.000000101. The quantitative estimate of drug-likeness (QED) is 0.666. The Morgan fingerprint density at radius 3 is 1.00 bits per heavy atom. The first-order valence-electron chi connectivity index (χ1n) is 4.66. The normalized spacial score (nSPS) is 7.42. The molecule has 0 amide bonds. The van der Waals surface area contributed by atoms with Gasteiger partial charge in [0.15, 0.2) is 0 Å². The second kappa shape index (κ2) is 30.1. The van der Waals surface area contributed by atoms with Crippen LogP contribution in [0.1, 0.15) is 40.0 Å². The SMILES string of the molecule is CCCO.CCCO.CC[CH2][Al]. The van der Waals surface area contributed by atoms with Gasteiger partial charge in [0.2, 0.25) is 0 Å². The Morgan fingerprint density at radius 2 is 1.00 bits per heavy atom. The van der Waals surface area contributed by atoms with Crippen molar-refractivity contribution in [3.05, 3.63) is 0 Å². The van der Waals surface area contributed by atoms with Crippen LogP contribution in [0.25, 0.3) is 0 Å². The van der Waals surface area contributed by atoms with Crippen molar-refractivity contribution in [3.8, 4) is 0 Å². The van der Waals surface area contributed by atoms with Crippen molar-refractivity contribution >= 4 is 16.3 Å². The van der Waals surface area contributed by atoms with Crippen LogP contribution in [0.4, 0.5) is 0 Å². The van der Waals surface area contributed by atoms with E-state index in [-0.39, 0.29) is 0 Å². The van der Waals surface area contributed by atoms with E-state index in [1.807, 2.05) is 13.8 Å². The van der Waals surface area contributed by atoms with Gasteiger partial charge < -0.3 is 10.2 Å². The van der Waals surface area contributed by atoms with Crippen LogP contribution in [0.5, 0.6) is 0 Å². The zero-order chi connectivity index (χ0) is 10.2. The van der Waals surface area contributed by atoms with Gasteiger partial charge in [0.25, 0.3) is 0 Å². The van der Waals surface area contributed by atoms with Crippen LogP contribution in [0, 0.1) is 0 Å². The molecule has 0 aromatic heterocycles. The largest absolute Gasteiger partial charge is 0.396 e. The van der Waals surface area contributed by atoms with E-state index in [1.54, 1.807) is 0 Å². The molecule has 0 aliphatic carbocycles. The van der Waals surface area contributed by atoms with E-state index >= 15 is 0 Å². The summed E-state index contributed by atoms with van der Waals surface area (Å²) >= 11 is 2.66. The number of aliphatic hydroxyl groups is 2. The number of hydrogen-bond acceptors (Lipinski definition) is 2. The molecule has 0 saturated carbocycles. The molecule has 0 aromatic carbocycles. The lowest BCUT2D eigenvalue weighted by atomic mass is 10.5. The average molecular weight is 190 g/mol. The molecule has 0 aromatic rings. The fraction of sp³-hybridized carbons (Fsp3) is 1.00. The molecular weight excluding hydrogens is 167 g/mol. The number of rotatable bonds is 3. The molecular formula is C9H23AlO2. The Kier molecular flexibility index (Phi) is 45.8. The minimum atomic E-state index is 0.319. The lowest BCUT2D eigenvalue weighted by molar-refractivity contribution is 0.294. The summed E-state index contributed by atoms with van der Waals surface area (Å²) in [5, 5.41) is 17.0. The molecule has 0 unspecified atom stereocenters. The highest BCUT2D eigenvalue weighted by molar-refractivity contribution is 6.08. The van der Waals surface area contributed by atoms with Crippen molar-refractivity contribution in [3.63, 3.8) is 0 Å². The molecule has 0 heterocycles. The van der Waals surface area contributed by atoms with Gasteiger partial charge in [-0.3, -0.25) is 0 Å². The lowest BCUT2D eigenvalue weighted by Crippen LogP contribution is -1.69. The molecule has 12 heavy (non-hydrogen) atoms. The summed E-state index contributed by atoms with van der Waals surface area (Å²) in [6.07, 6.45) is 3.03. The van der Waals surface area contributed by atoms with E-state index in [0.717, 1.165) is 12.8 Å². The molecule has 2 nitrogen and oxygen atoms in total. The molecule has 2 N–H and O–H groups in total. The molecule has 0 bridgehead atoms. The van der Waals surface area contributed by atoms with Gasteiger partial charge in [-0.1, -0.05) is 27.2 Å². The molecule has 0 aliphatic rings. The van der Waals surface area contributed by atoms with E-state index in [9.17, 15) is 0 Å². The van der Waals surface area contributed by atoms with Crippen molar-refractivity contribution in [2.75, 3.05) is 13.2 Å². The molecule has 0 atom stereocenters. The van der Waals surface area contributed by atoms with Crippen LogP contribution in [-0.2, 0) is 0 Å². The average Bonchev–Trinajstić information content (AvgIpc) is 2.18. The van der Waals surface area contributed by atoms with Crippen LogP contribution >= 0.6 is 0 Å².